The Hall–Kier alpha value is -2.82. The Morgan fingerprint density at radius 3 is 2.67 bits per heavy atom. The fourth-order valence-corrected chi connectivity index (χ4v) is 3.29. The lowest BCUT2D eigenvalue weighted by Gasteiger charge is -2.17. The van der Waals surface area contributed by atoms with E-state index in [1.165, 1.54) is 5.56 Å². The van der Waals surface area contributed by atoms with E-state index in [0.717, 1.165) is 16.9 Å². The molecule has 1 saturated heterocycles. The van der Waals surface area contributed by atoms with E-state index < -0.39 is 0 Å². The molecule has 0 aromatic heterocycles. The van der Waals surface area contributed by atoms with Gasteiger partial charge in [0.1, 0.15) is 5.75 Å². The lowest BCUT2D eigenvalue weighted by atomic mass is 10.1. The molecule has 3 rings (SSSR count). The number of likely N-dealkylation sites (tertiary alicyclic amines) is 1. The van der Waals surface area contributed by atoms with E-state index in [1.54, 1.807) is 4.90 Å². The number of rotatable bonds is 7. The summed E-state index contributed by atoms with van der Waals surface area (Å²) in [5.74, 6) is 0.428. The second-order valence-corrected chi connectivity index (χ2v) is 6.92. The monoisotopic (exact) mass is 366 g/mol. The van der Waals surface area contributed by atoms with Crippen molar-refractivity contribution >= 4 is 11.8 Å². The van der Waals surface area contributed by atoms with Crippen LogP contribution < -0.4 is 10.1 Å². The van der Waals surface area contributed by atoms with Crippen molar-refractivity contribution in [1.29, 1.82) is 0 Å². The highest BCUT2D eigenvalue weighted by molar-refractivity contribution is 5.89. The van der Waals surface area contributed by atoms with Gasteiger partial charge in [0.15, 0.2) is 0 Å². The lowest BCUT2D eigenvalue weighted by molar-refractivity contribution is -0.129. The predicted octanol–water partition coefficient (Wildman–Crippen LogP) is 3.06. The molecule has 1 fully saturated rings. The number of carbonyl (C=O) groups is 2. The third-order valence-electron chi connectivity index (χ3n) is 4.80. The first-order valence-electron chi connectivity index (χ1n) is 9.38. The number of nitrogens with zero attached hydrogens (tertiary/aromatic N) is 1. The molecular weight excluding hydrogens is 340 g/mol. The van der Waals surface area contributed by atoms with Crippen molar-refractivity contribution in [1.82, 2.24) is 10.2 Å². The van der Waals surface area contributed by atoms with E-state index in [1.807, 2.05) is 62.4 Å². The van der Waals surface area contributed by atoms with Gasteiger partial charge in [-0.1, -0.05) is 48.0 Å². The quantitative estimate of drug-likeness (QED) is 0.819. The Balaban J connectivity index is 1.55. The fraction of sp³-hybridized carbons (Fsp3) is 0.364. The Morgan fingerprint density at radius 2 is 1.93 bits per heavy atom. The summed E-state index contributed by atoms with van der Waals surface area (Å²) >= 11 is 0. The Morgan fingerprint density at radius 1 is 1.19 bits per heavy atom. The average Bonchev–Trinajstić information content (AvgIpc) is 3.03. The summed E-state index contributed by atoms with van der Waals surface area (Å²) in [6.07, 6.45) is 0.269. The van der Waals surface area contributed by atoms with Gasteiger partial charge >= 0.3 is 0 Å². The summed E-state index contributed by atoms with van der Waals surface area (Å²) < 4.78 is 5.59. The molecule has 0 radical (unpaired) electrons. The van der Waals surface area contributed by atoms with Crippen molar-refractivity contribution in [3.05, 3.63) is 65.2 Å². The SMILES string of the molecule is CCOc1ccccc1CNC(=O)[C@@H]1CC(=O)N(Cc2ccc(C)cc2)C1. The van der Waals surface area contributed by atoms with E-state index in [0.29, 0.717) is 26.2 Å². The molecule has 0 saturated carbocycles. The Labute approximate surface area is 160 Å². The zero-order valence-corrected chi connectivity index (χ0v) is 15.9. The summed E-state index contributed by atoms with van der Waals surface area (Å²) in [6, 6.07) is 15.8. The van der Waals surface area contributed by atoms with Crippen molar-refractivity contribution in [2.24, 2.45) is 5.92 Å². The van der Waals surface area contributed by atoms with Crippen LogP contribution in [0.3, 0.4) is 0 Å². The van der Waals surface area contributed by atoms with Crippen LogP contribution in [0.15, 0.2) is 48.5 Å². The molecule has 2 amide bonds. The zero-order valence-electron chi connectivity index (χ0n) is 15.9. The minimum absolute atomic E-state index is 0.0328. The van der Waals surface area contributed by atoms with Gasteiger partial charge < -0.3 is 15.0 Å². The molecule has 142 valence electrons. The molecule has 1 aliphatic rings. The van der Waals surface area contributed by atoms with Gasteiger partial charge in [0, 0.05) is 31.6 Å². The highest BCUT2D eigenvalue weighted by atomic mass is 16.5. The Kier molecular flexibility index (Phi) is 6.12. The van der Waals surface area contributed by atoms with E-state index in [4.69, 9.17) is 4.74 Å². The van der Waals surface area contributed by atoms with Gasteiger partial charge in [-0.3, -0.25) is 9.59 Å². The third kappa shape index (κ3) is 4.88. The maximum atomic E-state index is 12.5. The van der Waals surface area contributed by atoms with Crippen molar-refractivity contribution in [2.75, 3.05) is 13.2 Å². The predicted molar refractivity (Wildman–Crippen MR) is 104 cm³/mol. The van der Waals surface area contributed by atoms with E-state index >= 15 is 0 Å². The molecule has 1 aliphatic heterocycles. The topological polar surface area (TPSA) is 58.6 Å². The lowest BCUT2D eigenvalue weighted by Crippen LogP contribution is -2.32. The smallest absolute Gasteiger partial charge is 0.225 e. The molecule has 5 heteroatoms. The maximum Gasteiger partial charge on any atom is 0.225 e. The minimum Gasteiger partial charge on any atom is -0.494 e. The largest absolute Gasteiger partial charge is 0.494 e. The third-order valence-corrected chi connectivity index (χ3v) is 4.80. The van der Waals surface area contributed by atoms with Crippen LogP contribution in [0.1, 0.15) is 30.0 Å². The molecular formula is C22H26N2O3. The molecule has 0 unspecified atom stereocenters. The molecule has 2 aromatic carbocycles. The first-order valence-corrected chi connectivity index (χ1v) is 9.38. The maximum absolute atomic E-state index is 12.5. The number of amides is 2. The number of aryl methyl sites for hydroxylation is 1. The fourth-order valence-electron chi connectivity index (χ4n) is 3.29. The van der Waals surface area contributed by atoms with Gasteiger partial charge in [0.05, 0.1) is 12.5 Å². The number of carbonyl (C=O) groups excluding carboxylic acids is 2. The van der Waals surface area contributed by atoms with E-state index in [9.17, 15) is 9.59 Å². The van der Waals surface area contributed by atoms with Gasteiger partial charge in [-0.25, -0.2) is 0 Å². The van der Waals surface area contributed by atoms with Crippen LogP contribution in [0.25, 0.3) is 0 Å². The molecule has 0 aliphatic carbocycles. The molecule has 27 heavy (non-hydrogen) atoms. The van der Waals surface area contributed by atoms with Crippen LogP contribution >= 0.6 is 0 Å². The second kappa shape index (κ2) is 8.71. The van der Waals surface area contributed by atoms with Gasteiger partial charge in [-0.05, 0) is 25.5 Å². The summed E-state index contributed by atoms with van der Waals surface area (Å²) in [5.41, 5.74) is 3.21. The highest BCUT2D eigenvalue weighted by Gasteiger charge is 2.34. The average molecular weight is 366 g/mol. The number of hydrogen-bond donors (Lipinski definition) is 1. The van der Waals surface area contributed by atoms with Crippen molar-refractivity contribution < 1.29 is 14.3 Å². The normalized spacial score (nSPS) is 16.4. The molecule has 0 spiro atoms. The molecule has 0 bridgehead atoms. The van der Waals surface area contributed by atoms with Gasteiger partial charge in [0.25, 0.3) is 0 Å². The summed E-state index contributed by atoms with van der Waals surface area (Å²) in [7, 11) is 0. The number of benzene rings is 2. The van der Waals surface area contributed by atoms with Crippen LogP contribution in [0.4, 0.5) is 0 Å². The molecule has 2 aromatic rings. The van der Waals surface area contributed by atoms with Crippen molar-refractivity contribution in [3.63, 3.8) is 0 Å². The van der Waals surface area contributed by atoms with Crippen LogP contribution in [-0.2, 0) is 22.7 Å². The number of nitrogens with one attached hydrogen (secondary N) is 1. The number of hydrogen-bond acceptors (Lipinski definition) is 3. The van der Waals surface area contributed by atoms with E-state index in [-0.39, 0.29) is 24.2 Å². The van der Waals surface area contributed by atoms with Crippen molar-refractivity contribution in [3.8, 4) is 5.75 Å². The Bertz CT molecular complexity index is 801. The molecule has 5 nitrogen and oxygen atoms in total. The summed E-state index contributed by atoms with van der Waals surface area (Å²) in [6.45, 7) is 5.96. The first-order chi connectivity index (χ1) is 13.1. The highest BCUT2D eigenvalue weighted by Crippen LogP contribution is 2.22. The van der Waals surface area contributed by atoms with Crippen LogP contribution in [0.2, 0.25) is 0 Å². The summed E-state index contributed by atoms with van der Waals surface area (Å²) in [5, 5.41) is 2.95. The zero-order chi connectivity index (χ0) is 19.2. The number of para-hydroxylation sites is 1. The molecule has 1 heterocycles. The second-order valence-electron chi connectivity index (χ2n) is 6.92. The molecule has 1 N–H and O–H groups in total. The van der Waals surface area contributed by atoms with Gasteiger partial charge in [0.2, 0.25) is 11.8 Å². The minimum atomic E-state index is -0.304. The van der Waals surface area contributed by atoms with Crippen LogP contribution in [0, 0.1) is 12.8 Å². The summed E-state index contributed by atoms with van der Waals surface area (Å²) in [4.78, 5) is 26.6. The molecule has 1 atom stereocenters. The van der Waals surface area contributed by atoms with Crippen molar-refractivity contribution in [2.45, 2.75) is 33.4 Å². The van der Waals surface area contributed by atoms with Crippen LogP contribution in [0.5, 0.6) is 5.75 Å². The van der Waals surface area contributed by atoms with Crippen LogP contribution in [-0.4, -0.2) is 29.9 Å². The van der Waals surface area contributed by atoms with Gasteiger partial charge in [-0.2, -0.15) is 0 Å². The number of ether oxygens (including phenoxy) is 1. The standard InChI is InChI=1S/C22H26N2O3/c1-3-27-20-7-5-4-6-18(20)13-23-22(26)19-12-21(25)24(15-19)14-17-10-8-16(2)9-11-17/h4-11,19H,3,12-15H2,1-2H3,(H,23,26)/t19-/m1/s1. The van der Waals surface area contributed by atoms with Gasteiger partial charge in [-0.15, -0.1) is 0 Å². The van der Waals surface area contributed by atoms with E-state index in [2.05, 4.69) is 5.32 Å². The first kappa shape index (κ1) is 19.0.